The number of aromatic nitrogens is 1. The lowest BCUT2D eigenvalue weighted by molar-refractivity contribution is 0.214. The Kier molecular flexibility index (Phi) is 3.06. The van der Waals surface area contributed by atoms with Crippen molar-refractivity contribution < 1.29 is 15.4 Å². The van der Waals surface area contributed by atoms with E-state index in [1.807, 2.05) is 0 Å². The van der Waals surface area contributed by atoms with Crippen molar-refractivity contribution in [1.82, 2.24) is 4.73 Å². The number of nitrogens with zero attached hydrogens (tertiary/aromatic N) is 1. The van der Waals surface area contributed by atoms with Gasteiger partial charge < -0.3 is 15.4 Å². The van der Waals surface area contributed by atoms with E-state index in [0.717, 1.165) is 0 Å². The first-order chi connectivity index (χ1) is 10.2. The molecular weight excluding hydrogens is 271 g/mol. The van der Waals surface area contributed by atoms with Crippen molar-refractivity contribution in [1.29, 1.82) is 0 Å². The van der Waals surface area contributed by atoms with Gasteiger partial charge in [-0.3, -0.25) is 0 Å². The van der Waals surface area contributed by atoms with Crippen LogP contribution in [0.2, 0.25) is 0 Å². The van der Waals surface area contributed by atoms with E-state index < -0.39 is 11.5 Å². The number of fused-ring (bicyclic) bond motifs is 3. The van der Waals surface area contributed by atoms with Gasteiger partial charge in [-0.15, -0.1) is 0 Å². The van der Waals surface area contributed by atoms with Gasteiger partial charge in [0, 0.05) is 10.8 Å². The fourth-order valence-corrected chi connectivity index (χ4v) is 2.62. The average molecular weight is 274 g/mol. The first-order valence-electron chi connectivity index (χ1n) is 6.08. The van der Waals surface area contributed by atoms with E-state index in [2.05, 4.69) is 0 Å². The van der Waals surface area contributed by atoms with Crippen molar-refractivity contribution in [3.05, 3.63) is 0 Å². The Hall–Kier alpha value is -1.97. The third-order valence-corrected chi connectivity index (χ3v) is 3.80. The minimum atomic E-state index is -0.452. The molecule has 3 N–H and O–H groups in total. The van der Waals surface area contributed by atoms with Gasteiger partial charge in [-0.2, -0.15) is 4.73 Å². The number of rotatable bonds is 0. The highest BCUT2D eigenvalue weighted by molar-refractivity contribution is 6.63. The van der Waals surface area contributed by atoms with Crippen LogP contribution in [0.4, 0.5) is 0 Å². The minimum Gasteiger partial charge on any atom is -0.509 e. The van der Waals surface area contributed by atoms with Crippen LogP contribution in [0.3, 0.4) is 0 Å². The lowest BCUT2D eigenvalue weighted by Gasteiger charge is -2.12. The molecule has 0 saturated heterocycles. The molecule has 0 spiro atoms. The maximum Gasteiger partial charge on any atom is 0.119 e. The maximum atomic E-state index is 10.4. The molecule has 3 aromatic rings. The molecule has 0 saturated carbocycles. The van der Waals surface area contributed by atoms with Crippen molar-refractivity contribution in [2.45, 2.75) is 0 Å². The SMILES string of the molecule is [B]c1c(O)c([B])c2c3c([B])c(O)c([B])c([B])c3n(O)c2c1[B]. The molecule has 1 heterocycles. The highest BCUT2D eigenvalue weighted by Gasteiger charge is 2.23. The molecule has 0 aliphatic heterocycles. The van der Waals surface area contributed by atoms with Crippen LogP contribution in [-0.4, -0.2) is 67.2 Å². The molecule has 0 fully saturated rings. The molecule has 0 aliphatic carbocycles. The van der Waals surface area contributed by atoms with E-state index >= 15 is 0 Å². The average Bonchev–Trinajstić information content (AvgIpc) is 2.80. The number of hydrogen-bond acceptors (Lipinski definition) is 3. The molecule has 3 rings (SSSR count). The van der Waals surface area contributed by atoms with Gasteiger partial charge >= 0.3 is 0 Å². The van der Waals surface area contributed by atoms with Gasteiger partial charge in [-0.05, 0) is 10.9 Å². The summed E-state index contributed by atoms with van der Waals surface area (Å²) in [6.07, 6.45) is 0. The highest BCUT2D eigenvalue weighted by atomic mass is 16.5. The van der Waals surface area contributed by atoms with Crippen LogP contribution in [0.25, 0.3) is 21.8 Å². The van der Waals surface area contributed by atoms with E-state index in [1.54, 1.807) is 0 Å². The fourth-order valence-electron chi connectivity index (χ4n) is 2.62. The normalized spacial score (nSPS) is 11.5. The molecule has 0 aliphatic rings. The van der Waals surface area contributed by atoms with Crippen molar-refractivity contribution in [2.24, 2.45) is 0 Å². The standard InChI is InChI=1S/C12H3B6NO3/c13-3-1-2-4(14)12(21)8(18)6(16)10(2)19(22)9(1)5(15)7(17)11(3)20/h20-22H. The molecule has 1 aromatic heterocycles. The Balaban J connectivity index is 2.81. The van der Waals surface area contributed by atoms with Crippen LogP contribution >= 0.6 is 0 Å². The van der Waals surface area contributed by atoms with Gasteiger partial charge in [0.05, 0.1) is 11.0 Å². The number of phenolic OH excluding ortho intramolecular Hbond substituents is 2. The van der Waals surface area contributed by atoms with E-state index in [9.17, 15) is 15.4 Å². The summed E-state index contributed by atoms with van der Waals surface area (Å²) in [4.78, 5) is 0. The van der Waals surface area contributed by atoms with E-state index in [0.29, 0.717) is 4.73 Å². The molecule has 0 bridgehead atoms. The number of aromatic hydroxyl groups is 2. The topological polar surface area (TPSA) is 65.6 Å². The van der Waals surface area contributed by atoms with Crippen LogP contribution < -0.4 is 32.8 Å². The Morgan fingerprint density at radius 2 is 0.864 bits per heavy atom. The molecule has 22 heavy (non-hydrogen) atoms. The molecule has 0 unspecified atom stereocenters. The second-order valence-electron chi connectivity index (χ2n) is 4.94. The third kappa shape index (κ3) is 1.55. The van der Waals surface area contributed by atoms with Crippen molar-refractivity contribution >= 4 is 102 Å². The lowest BCUT2D eigenvalue weighted by Crippen LogP contribution is -2.32. The van der Waals surface area contributed by atoms with Crippen LogP contribution in [-0.2, 0) is 0 Å². The monoisotopic (exact) mass is 275 g/mol. The second kappa shape index (κ2) is 4.51. The maximum absolute atomic E-state index is 10.4. The quantitative estimate of drug-likeness (QED) is 0.285. The Bertz CT molecular complexity index is 904. The van der Waals surface area contributed by atoms with Gasteiger partial charge in [0.25, 0.3) is 0 Å². The van der Waals surface area contributed by atoms with E-state index in [4.69, 9.17) is 47.1 Å². The summed E-state index contributed by atoms with van der Waals surface area (Å²) < 4.78 is 0.633. The molecule has 10 heteroatoms. The molecule has 4 nitrogen and oxygen atoms in total. The molecule has 92 valence electrons. The van der Waals surface area contributed by atoms with Gasteiger partial charge in [0.1, 0.15) is 58.6 Å². The zero-order valence-corrected chi connectivity index (χ0v) is 11.3. The Morgan fingerprint density at radius 1 is 0.545 bits per heavy atom. The smallest absolute Gasteiger partial charge is 0.119 e. The van der Waals surface area contributed by atoms with Crippen LogP contribution in [0.15, 0.2) is 0 Å². The van der Waals surface area contributed by atoms with Crippen LogP contribution in [0, 0.1) is 0 Å². The fraction of sp³-hybridized carbons (Fsp3) is 0. The minimum absolute atomic E-state index is 0.00574. The Labute approximate surface area is 133 Å². The van der Waals surface area contributed by atoms with Crippen LogP contribution in [0.5, 0.6) is 11.5 Å². The van der Waals surface area contributed by atoms with Crippen molar-refractivity contribution in [3.8, 4) is 11.5 Å². The van der Waals surface area contributed by atoms with Gasteiger partial charge in [0.15, 0.2) is 0 Å². The molecule has 0 amide bonds. The summed E-state index contributed by atoms with van der Waals surface area (Å²) in [6, 6.07) is 0. The summed E-state index contributed by atoms with van der Waals surface area (Å²) >= 11 is 0. The zero-order valence-electron chi connectivity index (χ0n) is 11.3. The number of phenols is 2. The third-order valence-electron chi connectivity index (χ3n) is 3.80. The predicted molar refractivity (Wildman–Crippen MR) is 92.3 cm³/mol. The first-order valence-corrected chi connectivity index (χ1v) is 6.08. The number of hydrogen-bond donors (Lipinski definition) is 3. The zero-order chi connectivity index (χ0) is 16.5. The van der Waals surface area contributed by atoms with Crippen LogP contribution in [0.1, 0.15) is 0 Å². The van der Waals surface area contributed by atoms with E-state index in [1.165, 1.54) is 0 Å². The first kappa shape index (κ1) is 14.9. The second-order valence-corrected chi connectivity index (χ2v) is 4.94. The van der Waals surface area contributed by atoms with Gasteiger partial charge in [-0.25, -0.2) is 0 Å². The lowest BCUT2D eigenvalue weighted by atomic mass is 9.71. The molecule has 0 atom stereocenters. The predicted octanol–water partition coefficient (Wildman–Crippen LogP) is -4.79. The summed E-state index contributed by atoms with van der Waals surface area (Å²) in [5.41, 5.74) is -0.925. The summed E-state index contributed by atoms with van der Waals surface area (Å²) in [5, 5.41) is 30.5. The van der Waals surface area contributed by atoms with Gasteiger partial charge in [-0.1, -0.05) is 21.9 Å². The number of benzene rings is 2. The molecule has 12 radical (unpaired) electrons. The van der Waals surface area contributed by atoms with Crippen molar-refractivity contribution in [2.75, 3.05) is 0 Å². The Morgan fingerprint density at radius 3 is 1.18 bits per heavy atom. The van der Waals surface area contributed by atoms with E-state index in [-0.39, 0.29) is 54.6 Å². The van der Waals surface area contributed by atoms with Crippen molar-refractivity contribution in [3.63, 3.8) is 0 Å². The van der Waals surface area contributed by atoms with Gasteiger partial charge in [0.2, 0.25) is 0 Å². The largest absolute Gasteiger partial charge is 0.509 e. The summed E-state index contributed by atoms with van der Waals surface area (Å²) in [6.45, 7) is 0. The molecule has 2 aromatic carbocycles. The highest BCUT2D eigenvalue weighted by Crippen LogP contribution is 2.25. The summed E-state index contributed by atoms with van der Waals surface area (Å²) in [7, 11) is 34.7. The summed E-state index contributed by atoms with van der Waals surface area (Å²) in [5.74, 6) is -0.904. The molecular formula is C12H3B6NO3.